The van der Waals surface area contributed by atoms with E-state index in [-0.39, 0.29) is 22.6 Å². The van der Waals surface area contributed by atoms with E-state index in [0.717, 1.165) is 5.75 Å². The normalized spacial score (nSPS) is 15.4. The van der Waals surface area contributed by atoms with Crippen LogP contribution in [0.2, 0.25) is 0 Å². The average molecular weight is 403 g/mol. The molecule has 0 aliphatic carbocycles. The Kier molecular flexibility index (Phi) is 7.73. The van der Waals surface area contributed by atoms with Crippen LogP contribution in [0.1, 0.15) is 66.4 Å². The van der Waals surface area contributed by atoms with E-state index >= 15 is 0 Å². The molecular weight excluding hydrogens is 364 g/mol. The number of carbonyl (C=O) groups is 2. The van der Waals surface area contributed by atoms with Crippen molar-refractivity contribution in [1.82, 2.24) is 9.80 Å². The Morgan fingerprint density at radius 3 is 1.86 bits per heavy atom. The minimum Gasteiger partial charge on any atom is -0.494 e. The van der Waals surface area contributed by atoms with Gasteiger partial charge in [0.05, 0.1) is 6.61 Å². The molecule has 2 amide bonds. The Morgan fingerprint density at radius 1 is 0.862 bits per heavy atom. The number of carbonyl (C=O) groups excluding carboxylic acids is 2. The molecule has 1 aliphatic rings. The van der Waals surface area contributed by atoms with Crippen LogP contribution in [-0.2, 0) is 15.0 Å². The third-order valence-electron chi connectivity index (χ3n) is 5.19. The van der Waals surface area contributed by atoms with Crippen LogP contribution in [0.4, 0.5) is 0 Å². The van der Waals surface area contributed by atoms with E-state index in [0.29, 0.717) is 52.0 Å². The van der Waals surface area contributed by atoms with E-state index in [9.17, 15) is 9.59 Å². The molecule has 1 aromatic rings. The van der Waals surface area contributed by atoms with Crippen molar-refractivity contribution in [1.29, 1.82) is 0 Å². The summed E-state index contributed by atoms with van der Waals surface area (Å²) in [5.74, 6) is 1.19. The Balaban J connectivity index is 1.67. The summed E-state index contributed by atoms with van der Waals surface area (Å²) in [6.45, 7) is 15.9. The summed E-state index contributed by atoms with van der Waals surface area (Å²) in [6, 6.07) is 8.19. The van der Waals surface area contributed by atoms with Gasteiger partial charge >= 0.3 is 0 Å². The quantitative estimate of drug-likeness (QED) is 0.669. The first kappa shape index (κ1) is 23.2. The molecule has 0 saturated carbocycles. The van der Waals surface area contributed by atoms with Crippen molar-refractivity contribution in [2.75, 3.05) is 32.8 Å². The lowest BCUT2D eigenvalue weighted by atomic mass is 9.87. The van der Waals surface area contributed by atoms with Crippen molar-refractivity contribution in [3.63, 3.8) is 0 Å². The van der Waals surface area contributed by atoms with Gasteiger partial charge in [0.1, 0.15) is 5.75 Å². The third-order valence-corrected chi connectivity index (χ3v) is 5.19. The largest absolute Gasteiger partial charge is 0.494 e. The van der Waals surface area contributed by atoms with Crippen molar-refractivity contribution in [2.24, 2.45) is 5.41 Å². The lowest BCUT2D eigenvalue weighted by Gasteiger charge is -2.36. The van der Waals surface area contributed by atoms with Crippen LogP contribution in [0.15, 0.2) is 24.3 Å². The number of hydrogen-bond acceptors (Lipinski definition) is 3. The topological polar surface area (TPSA) is 49.9 Å². The molecule has 0 N–H and O–H groups in total. The van der Waals surface area contributed by atoms with Crippen LogP contribution >= 0.6 is 0 Å². The summed E-state index contributed by atoms with van der Waals surface area (Å²) in [7, 11) is 0. The molecule has 0 aromatic heterocycles. The minimum atomic E-state index is -0.00287. The van der Waals surface area contributed by atoms with Crippen LogP contribution < -0.4 is 4.74 Å². The molecule has 5 nitrogen and oxygen atoms in total. The Labute approximate surface area is 176 Å². The Bertz CT molecular complexity index is 676. The number of ether oxygens (including phenoxy) is 1. The molecule has 162 valence electrons. The first-order valence-corrected chi connectivity index (χ1v) is 10.7. The molecule has 29 heavy (non-hydrogen) atoms. The summed E-state index contributed by atoms with van der Waals surface area (Å²) in [4.78, 5) is 28.5. The number of hydrogen-bond donors (Lipinski definition) is 0. The fourth-order valence-corrected chi connectivity index (χ4v) is 3.39. The summed E-state index contributed by atoms with van der Waals surface area (Å²) in [5.41, 5.74) is 1.41. The second kappa shape index (κ2) is 9.64. The van der Waals surface area contributed by atoms with E-state index in [1.165, 1.54) is 5.56 Å². The first-order valence-electron chi connectivity index (χ1n) is 10.7. The molecular formula is C24H38N2O3. The van der Waals surface area contributed by atoms with Crippen molar-refractivity contribution < 1.29 is 14.3 Å². The number of benzene rings is 1. The molecule has 0 spiro atoms. The molecule has 1 heterocycles. The maximum Gasteiger partial charge on any atom is 0.223 e. The highest BCUT2D eigenvalue weighted by molar-refractivity contribution is 5.78. The smallest absolute Gasteiger partial charge is 0.223 e. The molecule has 0 atom stereocenters. The fourth-order valence-electron chi connectivity index (χ4n) is 3.39. The Hall–Kier alpha value is -2.04. The predicted octanol–water partition coefficient (Wildman–Crippen LogP) is 4.25. The average Bonchev–Trinajstić information content (AvgIpc) is 2.63. The van der Waals surface area contributed by atoms with Crippen molar-refractivity contribution >= 4 is 11.8 Å². The van der Waals surface area contributed by atoms with Crippen molar-refractivity contribution in [2.45, 2.75) is 66.2 Å². The lowest BCUT2D eigenvalue weighted by molar-refractivity contribution is -0.140. The zero-order valence-electron chi connectivity index (χ0n) is 19.1. The molecule has 2 rings (SSSR count). The van der Waals surface area contributed by atoms with Crippen LogP contribution in [-0.4, -0.2) is 54.4 Å². The SMILES string of the molecule is CC(C)(C)CC(=O)N1CCN(C(=O)CCCOc2ccc(C(C)(C)C)cc2)CC1. The van der Waals surface area contributed by atoms with Gasteiger partial charge in [-0.2, -0.15) is 0 Å². The molecule has 0 bridgehead atoms. The molecule has 0 radical (unpaired) electrons. The zero-order valence-corrected chi connectivity index (χ0v) is 19.1. The highest BCUT2D eigenvalue weighted by Crippen LogP contribution is 2.24. The van der Waals surface area contributed by atoms with Gasteiger partial charge in [-0.3, -0.25) is 9.59 Å². The van der Waals surface area contributed by atoms with E-state index in [1.54, 1.807) is 0 Å². The predicted molar refractivity (Wildman–Crippen MR) is 117 cm³/mol. The van der Waals surface area contributed by atoms with Gasteiger partial charge in [0.15, 0.2) is 0 Å². The molecule has 1 aliphatic heterocycles. The second-order valence-electron chi connectivity index (χ2n) is 10.2. The zero-order chi connectivity index (χ0) is 21.7. The van der Waals surface area contributed by atoms with E-state index in [4.69, 9.17) is 4.74 Å². The van der Waals surface area contributed by atoms with Gasteiger partial charge in [0.2, 0.25) is 11.8 Å². The van der Waals surface area contributed by atoms with Gasteiger partial charge in [0.25, 0.3) is 0 Å². The minimum absolute atomic E-state index is 0.00287. The van der Waals surface area contributed by atoms with Gasteiger partial charge < -0.3 is 14.5 Å². The van der Waals surface area contributed by atoms with Crippen LogP contribution in [0.5, 0.6) is 5.75 Å². The molecule has 1 aromatic carbocycles. The number of nitrogens with zero attached hydrogens (tertiary/aromatic N) is 2. The monoisotopic (exact) mass is 402 g/mol. The van der Waals surface area contributed by atoms with Crippen molar-refractivity contribution in [3.05, 3.63) is 29.8 Å². The third kappa shape index (κ3) is 7.71. The first-order chi connectivity index (χ1) is 13.5. The van der Waals surface area contributed by atoms with Crippen LogP contribution in [0.25, 0.3) is 0 Å². The van der Waals surface area contributed by atoms with Gasteiger partial charge in [-0.25, -0.2) is 0 Å². The van der Waals surface area contributed by atoms with E-state index < -0.39 is 0 Å². The molecule has 5 heteroatoms. The van der Waals surface area contributed by atoms with Crippen LogP contribution in [0.3, 0.4) is 0 Å². The van der Waals surface area contributed by atoms with Gasteiger partial charge in [-0.1, -0.05) is 53.7 Å². The maximum atomic E-state index is 12.4. The molecule has 1 fully saturated rings. The van der Waals surface area contributed by atoms with Crippen LogP contribution in [0, 0.1) is 5.41 Å². The highest BCUT2D eigenvalue weighted by Gasteiger charge is 2.26. The van der Waals surface area contributed by atoms with Gasteiger partial charge in [0, 0.05) is 39.0 Å². The second-order valence-corrected chi connectivity index (χ2v) is 10.2. The van der Waals surface area contributed by atoms with Crippen molar-refractivity contribution in [3.8, 4) is 5.75 Å². The number of piperazine rings is 1. The fraction of sp³-hybridized carbons (Fsp3) is 0.667. The summed E-state index contributed by atoms with van der Waals surface area (Å²) in [6.07, 6.45) is 1.73. The Morgan fingerprint density at radius 2 is 1.38 bits per heavy atom. The summed E-state index contributed by atoms with van der Waals surface area (Å²) >= 11 is 0. The molecule has 0 unspecified atom stereocenters. The number of amides is 2. The summed E-state index contributed by atoms with van der Waals surface area (Å²) in [5, 5.41) is 0. The van der Waals surface area contributed by atoms with E-state index in [2.05, 4.69) is 53.7 Å². The van der Waals surface area contributed by atoms with E-state index in [1.807, 2.05) is 21.9 Å². The maximum absolute atomic E-state index is 12.4. The summed E-state index contributed by atoms with van der Waals surface area (Å²) < 4.78 is 5.78. The number of rotatable bonds is 6. The highest BCUT2D eigenvalue weighted by atomic mass is 16.5. The lowest BCUT2D eigenvalue weighted by Crippen LogP contribution is -2.51. The standard InChI is InChI=1S/C24H38N2O3/c1-23(2,3)18-22(28)26-15-13-25(14-16-26)21(27)8-7-17-29-20-11-9-19(10-12-20)24(4,5)6/h9-12H,7-8,13-18H2,1-6H3. The molecule has 1 saturated heterocycles. The van der Waals surface area contributed by atoms with Gasteiger partial charge in [-0.05, 0) is 34.9 Å². The van der Waals surface area contributed by atoms with Gasteiger partial charge in [-0.15, -0.1) is 0 Å².